The van der Waals surface area contributed by atoms with E-state index in [0.29, 0.717) is 18.1 Å². The third-order valence-electron chi connectivity index (χ3n) is 7.40. The molecule has 36 heavy (non-hydrogen) atoms. The van der Waals surface area contributed by atoms with Gasteiger partial charge in [0.05, 0.1) is 6.54 Å². The van der Waals surface area contributed by atoms with Crippen LogP contribution >= 0.6 is 0 Å². The third kappa shape index (κ3) is 5.48. The first-order valence-electron chi connectivity index (χ1n) is 13.3. The number of hydrogen-bond acceptors (Lipinski definition) is 5. The number of aryl methyl sites for hydroxylation is 2. The molecule has 3 heterocycles. The first kappa shape index (κ1) is 24.2. The number of aromatic amines is 1. The van der Waals surface area contributed by atoms with Crippen molar-refractivity contribution in [3.05, 3.63) is 70.5 Å². The minimum absolute atomic E-state index is 0.119. The highest BCUT2D eigenvalue weighted by atomic mass is 16.1. The van der Waals surface area contributed by atoms with Crippen LogP contribution in [-0.2, 0) is 19.5 Å². The molecule has 3 aromatic heterocycles. The van der Waals surface area contributed by atoms with Crippen LogP contribution < -0.4 is 5.69 Å². The molecule has 1 saturated carbocycles. The zero-order chi connectivity index (χ0) is 24.7. The zero-order valence-corrected chi connectivity index (χ0v) is 21.1. The van der Waals surface area contributed by atoms with Crippen molar-refractivity contribution in [3.8, 4) is 22.6 Å². The van der Waals surface area contributed by atoms with Crippen LogP contribution in [0.5, 0.6) is 0 Å². The van der Waals surface area contributed by atoms with E-state index in [9.17, 15) is 4.79 Å². The van der Waals surface area contributed by atoms with Gasteiger partial charge in [0.1, 0.15) is 5.69 Å². The lowest BCUT2D eigenvalue weighted by Gasteiger charge is -2.21. The smallest absolute Gasteiger partial charge is 0.299 e. The summed E-state index contributed by atoms with van der Waals surface area (Å²) in [5.74, 6) is 1.31. The van der Waals surface area contributed by atoms with Crippen LogP contribution in [0.2, 0.25) is 0 Å². The molecule has 1 aliphatic carbocycles. The van der Waals surface area contributed by atoms with Crippen LogP contribution in [0.25, 0.3) is 22.6 Å². The number of nitrogens with one attached hydrogen (secondary N) is 1. The summed E-state index contributed by atoms with van der Waals surface area (Å²) in [6, 6.07) is 12.3. The van der Waals surface area contributed by atoms with E-state index in [4.69, 9.17) is 0 Å². The summed E-state index contributed by atoms with van der Waals surface area (Å²) in [6.07, 6.45) is 14.8. The predicted octanol–water partition coefficient (Wildman–Crippen LogP) is 5.25. The number of nitrogens with zero attached hydrogens (tertiary/aromatic N) is 6. The molecule has 1 aliphatic rings. The number of unbranched alkanes of at least 4 members (excludes halogenated alkanes) is 1. The van der Waals surface area contributed by atoms with Crippen LogP contribution in [0.1, 0.15) is 69.5 Å². The highest BCUT2D eigenvalue weighted by Gasteiger charge is 2.17. The maximum Gasteiger partial charge on any atom is 0.328 e. The number of aromatic nitrogens is 7. The largest absolute Gasteiger partial charge is 0.328 e. The number of hydrogen-bond donors (Lipinski definition) is 1. The monoisotopic (exact) mass is 485 g/mol. The van der Waals surface area contributed by atoms with Crippen molar-refractivity contribution in [2.75, 3.05) is 0 Å². The molecule has 1 fully saturated rings. The Hall–Kier alpha value is -3.55. The van der Waals surface area contributed by atoms with Crippen molar-refractivity contribution in [1.29, 1.82) is 0 Å². The van der Waals surface area contributed by atoms with E-state index < -0.39 is 0 Å². The minimum Gasteiger partial charge on any atom is -0.299 e. The average Bonchev–Trinajstić information content (AvgIpc) is 3.56. The fraction of sp³-hybridized carbons (Fsp3) is 0.464. The lowest BCUT2D eigenvalue weighted by atomic mass is 9.87. The fourth-order valence-electron chi connectivity index (χ4n) is 5.33. The van der Waals surface area contributed by atoms with Crippen LogP contribution in [0.3, 0.4) is 0 Å². The summed E-state index contributed by atoms with van der Waals surface area (Å²) in [5.41, 5.74) is 5.06. The van der Waals surface area contributed by atoms with E-state index in [1.54, 1.807) is 6.20 Å². The summed E-state index contributed by atoms with van der Waals surface area (Å²) < 4.78 is 3.93. The Morgan fingerprint density at radius 3 is 2.67 bits per heavy atom. The Labute approximate surface area is 211 Å². The molecular weight excluding hydrogens is 450 g/mol. The Morgan fingerprint density at radius 1 is 1.08 bits per heavy atom. The van der Waals surface area contributed by atoms with Gasteiger partial charge >= 0.3 is 5.69 Å². The molecule has 0 radical (unpaired) electrons. The average molecular weight is 486 g/mol. The van der Waals surface area contributed by atoms with Crippen LogP contribution in [-0.4, -0.2) is 34.7 Å². The summed E-state index contributed by atoms with van der Waals surface area (Å²) in [7, 11) is 0. The second-order valence-corrected chi connectivity index (χ2v) is 9.93. The van der Waals surface area contributed by atoms with Gasteiger partial charge < -0.3 is 0 Å². The fourth-order valence-corrected chi connectivity index (χ4v) is 5.33. The molecule has 0 amide bonds. The molecule has 0 spiro atoms. The quantitative estimate of drug-likeness (QED) is 0.331. The molecule has 4 aromatic rings. The molecule has 0 saturated heterocycles. The summed E-state index contributed by atoms with van der Waals surface area (Å²) in [4.78, 5) is 17.9. The second kappa shape index (κ2) is 11.5. The molecule has 188 valence electrons. The third-order valence-corrected chi connectivity index (χ3v) is 7.40. The van der Waals surface area contributed by atoms with Crippen molar-refractivity contribution in [3.63, 3.8) is 0 Å². The van der Waals surface area contributed by atoms with E-state index in [1.807, 2.05) is 21.3 Å². The van der Waals surface area contributed by atoms with E-state index >= 15 is 0 Å². The summed E-state index contributed by atoms with van der Waals surface area (Å²) >= 11 is 0. The van der Waals surface area contributed by atoms with Gasteiger partial charge in [-0.3, -0.25) is 14.1 Å². The van der Waals surface area contributed by atoms with Gasteiger partial charge in [0.25, 0.3) is 0 Å². The maximum absolute atomic E-state index is 13.4. The number of pyridine rings is 1. The van der Waals surface area contributed by atoms with Gasteiger partial charge in [-0.05, 0) is 52.8 Å². The predicted molar refractivity (Wildman–Crippen MR) is 140 cm³/mol. The minimum atomic E-state index is 0.119. The highest BCUT2D eigenvalue weighted by Crippen LogP contribution is 2.28. The van der Waals surface area contributed by atoms with Crippen molar-refractivity contribution in [2.45, 2.75) is 77.8 Å². The van der Waals surface area contributed by atoms with Crippen molar-refractivity contribution in [1.82, 2.24) is 34.7 Å². The lowest BCUT2D eigenvalue weighted by molar-refractivity contribution is 0.322. The topological polar surface area (TPSA) is 94.3 Å². The molecule has 8 nitrogen and oxygen atoms in total. The number of benzene rings is 1. The molecule has 0 bridgehead atoms. The first-order valence-corrected chi connectivity index (χ1v) is 13.3. The summed E-state index contributed by atoms with van der Waals surface area (Å²) in [6.45, 7) is 3.61. The van der Waals surface area contributed by atoms with Crippen LogP contribution in [0.15, 0.2) is 53.6 Å². The van der Waals surface area contributed by atoms with Crippen molar-refractivity contribution < 1.29 is 0 Å². The number of rotatable bonds is 10. The normalized spacial score (nSPS) is 14.4. The molecule has 1 aromatic carbocycles. The molecule has 0 aliphatic heterocycles. The van der Waals surface area contributed by atoms with Gasteiger partial charge in [0, 0.05) is 30.2 Å². The van der Waals surface area contributed by atoms with Crippen molar-refractivity contribution >= 4 is 0 Å². The van der Waals surface area contributed by atoms with Gasteiger partial charge in [-0.1, -0.05) is 75.8 Å². The van der Waals surface area contributed by atoms with Crippen molar-refractivity contribution in [2.24, 2.45) is 5.92 Å². The zero-order valence-electron chi connectivity index (χ0n) is 21.1. The molecule has 8 heteroatoms. The van der Waals surface area contributed by atoms with Gasteiger partial charge in [-0.25, -0.2) is 9.89 Å². The number of H-pyrrole nitrogens is 1. The van der Waals surface area contributed by atoms with Gasteiger partial charge in [-0.15, -0.1) is 5.10 Å². The standard InChI is InChI=1S/C28H35N7O/c1-2-3-10-24-20-34(18-16-21-8-5-4-6-9-21)28(36)35(24)19-22-12-14-23(15-13-22)25-11-7-17-29-26(25)27-30-32-33-31-27/h7,11-15,17,20-21H,2-6,8-10,16,18-19H2,1H3,(H,30,31,32,33). The van der Waals surface area contributed by atoms with E-state index in [-0.39, 0.29) is 5.69 Å². The maximum atomic E-state index is 13.4. The molecular formula is C28H35N7O. The van der Waals surface area contributed by atoms with Gasteiger partial charge in [0.15, 0.2) is 5.82 Å². The van der Waals surface area contributed by atoms with E-state index in [1.165, 1.54) is 32.1 Å². The molecule has 0 atom stereocenters. The summed E-state index contributed by atoms with van der Waals surface area (Å²) in [5, 5.41) is 14.2. The first-order chi connectivity index (χ1) is 17.7. The van der Waals surface area contributed by atoms with Gasteiger partial charge in [0.2, 0.25) is 0 Å². The van der Waals surface area contributed by atoms with E-state index in [2.05, 4.69) is 63.0 Å². The van der Waals surface area contributed by atoms with Gasteiger partial charge in [-0.2, -0.15) is 0 Å². The Kier molecular flexibility index (Phi) is 7.69. The number of imidazole rings is 1. The molecule has 5 rings (SSSR count). The second-order valence-electron chi connectivity index (χ2n) is 9.93. The lowest BCUT2D eigenvalue weighted by Crippen LogP contribution is -2.26. The Balaban J connectivity index is 1.35. The highest BCUT2D eigenvalue weighted by molar-refractivity contribution is 5.77. The number of tetrazole rings is 1. The van der Waals surface area contributed by atoms with Crippen LogP contribution in [0.4, 0.5) is 0 Å². The molecule has 0 unspecified atom stereocenters. The Bertz CT molecular complexity index is 1300. The SMILES string of the molecule is CCCCc1cn(CCC2CCCCC2)c(=O)n1Cc1ccc(-c2cccnc2-c2nnn[nH]2)cc1. The van der Waals surface area contributed by atoms with E-state index in [0.717, 1.165) is 60.5 Å². The van der Waals surface area contributed by atoms with Crippen LogP contribution in [0, 0.1) is 5.92 Å². The molecule has 1 N–H and O–H groups in total. The Morgan fingerprint density at radius 2 is 1.92 bits per heavy atom.